The summed E-state index contributed by atoms with van der Waals surface area (Å²) in [6.45, 7) is 5.96. The van der Waals surface area contributed by atoms with Gasteiger partial charge in [-0.1, -0.05) is 12.8 Å². The average Bonchev–Trinajstić information content (AvgIpc) is 2.94. The second-order valence-corrected chi connectivity index (χ2v) is 5.29. The fourth-order valence-electron chi connectivity index (χ4n) is 2.52. The third-order valence-corrected chi connectivity index (χ3v) is 3.69. The van der Waals surface area contributed by atoms with E-state index in [0.717, 1.165) is 24.2 Å². The van der Waals surface area contributed by atoms with Crippen LogP contribution in [0.1, 0.15) is 44.0 Å². The summed E-state index contributed by atoms with van der Waals surface area (Å²) in [5, 5.41) is 3.12. The summed E-state index contributed by atoms with van der Waals surface area (Å²) < 4.78 is 1.97. The molecule has 4 nitrogen and oxygen atoms in total. The molecule has 0 aliphatic heterocycles. The van der Waals surface area contributed by atoms with Crippen LogP contribution in [0, 0.1) is 13.8 Å². The van der Waals surface area contributed by atoms with Crippen molar-refractivity contribution < 1.29 is 4.79 Å². The van der Waals surface area contributed by atoms with Gasteiger partial charge >= 0.3 is 0 Å². The number of rotatable bonds is 4. The summed E-state index contributed by atoms with van der Waals surface area (Å²) in [5.41, 5.74) is 5.47. The number of hydrogen-bond donors (Lipinski definition) is 2. The molecule has 2 rings (SSSR count). The monoisotopic (exact) mass is 249 g/mol. The fraction of sp³-hybridized carbons (Fsp3) is 0.643. The Bertz CT molecular complexity index is 399. The Kier molecular flexibility index (Phi) is 3.94. The van der Waals surface area contributed by atoms with Crippen LogP contribution in [0.2, 0.25) is 0 Å². The predicted octanol–water partition coefficient (Wildman–Crippen LogP) is 2.10. The Morgan fingerprint density at radius 3 is 2.39 bits per heavy atom. The van der Waals surface area contributed by atoms with Gasteiger partial charge < -0.3 is 10.7 Å². The van der Waals surface area contributed by atoms with Crippen LogP contribution in [-0.4, -0.2) is 22.7 Å². The molecule has 100 valence electrons. The van der Waals surface area contributed by atoms with E-state index in [4.69, 9.17) is 0 Å². The molecule has 0 bridgehead atoms. The SMILES string of the molecule is Cc1ccc(C)n1NC(C)C(=O)NC1CCCC1. The number of carbonyl (C=O) groups is 1. The van der Waals surface area contributed by atoms with Crippen LogP contribution in [0.4, 0.5) is 0 Å². The van der Waals surface area contributed by atoms with Crippen molar-refractivity contribution in [2.45, 2.75) is 58.5 Å². The molecular formula is C14H23N3O. The van der Waals surface area contributed by atoms with Crippen LogP contribution in [0.25, 0.3) is 0 Å². The molecule has 1 atom stereocenters. The molecule has 2 N–H and O–H groups in total. The summed E-state index contributed by atoms with van der Waals surface area (Å²) in [7, 11) is 0. The third-order valence-electron chi connectivity index (χ3n) is 3.69. The molecule has 1 saturated carbocycles. The second-order valence-electron chi connectivity index (χ2n) is 5.29. The van der Waals surface area contributed by atoms with Crippen molar-refractivity contribution >= 4 is 5.91 Å². The first-order valence-electron chi connectivity index (χ1n) is 6.80. The van der Waals surface area contributed by atoms with Gasteiger partial charge in [0.15, 0.2) is 0 Å². The van der Waals surface area contributed by atoms with Gasteiger partial charge in [-0.2, -0.15) is 0 Å². The molecule has 0 aromatic carbocycles. The molecule has 0 radical (unpaired) electrons. The molecule has 1 aliphatic rings. The van der Waals surface area contributed by atoms with Gasteiger partial charge in [0, 0.05) is 17.4 Å². The number of nitrogens with zero attached hydrogens (tertiary/aromatic N) is 1. The minimum absolute atomic E-state index is 0.0920. The van der Waals surface area contributed by atoms with Gasteiger partial charge in [0.05, 0.1) is 0 Å². The van der Waals surface area contributed by atoms with Crippen molar-refractivity contribution in [2.75, 3.05) is 5.43 Å². The van der Waals surface area contributed by atoms with E-state index in [9.17, 15) is 4.79 Å². The number of aromatic nitrogens is 1. The average molecular weight is 249 g/mol. The molecule has 18 heavy (non-hydrogen) atoms. The van der Waals surface area contributed by atoms with Crippen molar-refractivity contribution in [1.82, 2.24) is 9.99 Å². The Morgan fingerprint density at radius 2 is 1.83 bits per heavy atom. The normalized spacial score (nSPS) is 17.7. The Hall–Kier alpha value is -1.45. The maximum atomic E-state index is 12.1. The predicted molar refractivity (Wildman–Crippen MR) is 73.1 cm³/mol. The summed E-state index contributed by atoms with van der Waals surface area (Å²) in [6.07, 6.45) is 4.73. The van der Waals surface area contributed by atoms with Crippen molar-refractivity contribution in [3.8, 4) is 0 Å². The van der Waals surface area contributed by atoms with E-state index < -0.39 is 0 Å². The lowest BCUT2D eigenvalue weighted by molar-refractivity contribution is -0.122. The van der Waals surface area contributed by atoms with Gasteiger partial charge in [-0.15, -0.1) is 0 Å². The van der Waals surface area contributed by atoms with Crippen LogP contribution >= 0.6 is 0 Å². The zero-order valence-corrected chi connectivity index (χ0v) is 11.5. The van der Waals surface area contributed by atoms with Crippen LogP contribution in [0.5, 0.6) is 0 Å². The lowest BCUT2D eigenvalue weighted by Gasteiger charge is -2.21. The minimum Gasteiger partial charge on any atom is -0.352 e. The number of hydrogen-bond acceptors (Lipinski definition) is 2. The summed E-state index contributed by atoms with van der Waals surface area (Å²) in [4.78, 5) is 12.1. The molecule has 0 saturated heterocycles. The van der Waals surface area contributed by atoms with Gasteiger partial charge in [0.1, 0.15) is 6.04 Å². The van der Waals surface area contributed by atoms with Crippen LogP contribution in [0.15, 0.2) is 12.1 Å². The zero-order chi connectivity index (χ0) is 13.1. The maximum absolute atomic E-state index is 12.1. The molecular weight excluding hydrogens is 226 g/mol. The van der Waals surface area contributed by atoms with Crippen molar-refractivity contribution in [2.24, 2.45) is 0 Å². The highest BCUT2D eigenvalue weighted by Crippen LogP contribution is 2.17. The highest BCUT2D eigenvalue weighted by Gasteiger charge is 2.20. The van der Waals surface area contributed by atoms with Gasteiger partial charge in [0.25, 0.3) is 0 Å². The quantitative estimate of drug-likeness (QED) is 0.858. The smallest absolute Gasteiger partial charge is 0.244 e. The second kappa shape index (κ2) is 5.46. The van der Waals surface area contributed by atoms with E-state index in [1.54, 1.807) is 0 Å². The lowest BCUT2D eigenvalue weighted by atomic mass is 10.2. The van der Waals surface area contributed by atoms with E-state index in [2.05, 4.69) is 10.7 Å². The Balaban J connectivity index is 1.90. The van der Waals surface area contributed by atoms with Crippen LogP contribution in [-0.2, 0) is 4.79 Å². The molecule has 1 heterocycles. The molecule has 1 fully saturated rings. The maximum Gasteiger partial charge on any atom is 0.244 e. The summed E-state index contributed by atoms with van der Waals surface area (Å²) >= 11 is 0. The van der Waals surface area contributed by atoms with Crippen molar-refractivity contribution in [3.05, 3.63) is 23.5 Å². The standard InChI is InChI=1S/C14H23N3O/c1-10-8-9-11(2)17(10)16-12(3)14(18)15-13-6-4-5-7-13/h8-9,12-13,16H,4-7H2,1-3H3,(H,15,18). The first-order valence-corrected chi connectivity index (χ1v) is 6.80. The Morgan fingerprint density at radius 1 is 1.28 bits per heavy atom. The first-order chi connectivity index (χ1) is 8.58. The third kappa shape index (κ3) is 2.86. The van der Waals surface area contributed by atoms with Crippen LogP contribution in [0.3, 0.4) is 0 Å². The van der Waals surface area contributed by atoms with Gasteiger partial charge in [-0.05, 0) is 45.7 Å². The van der Waals surface area contributed by atoms with Gasteiger partial charge in [-0.3, -0.25) is 9.47 Å². The largest absolute Gasteiger partial charge is 0.352 e. The topological polar surface area (TPSA) is 46.1 Å². The van der Waals surface area contributed by atoms with E-state index in [0.29, 0.717) is 6.04 Å². The molecule has 4 heteroatoms. The number of nitrogens with one attached hydrogen (secondary N) is 2. The van der Waals surface area contributed by atoms with E-state index in [-0.39, 0.29) is 11.9 Å². The van der Waals surface area contributed by atoms with Crippen molar-refractivity contribution in [1.29, 1.82) is 0 Å². The van der Waals surface area contributed by atoms with E-state index in [1.165, 1.54) is 12.8 Å². The van der Waals surface area contributed by atoms with Gasteiger partial charge in [-0.25, -0.2) is 0 Å². The first kappa shape index (κ1) is 13.0. The van der Waals surface area contributed by atoms with Crippen molar-refractivity contribution in [3.63, 3.8) is 0 Å². The summed E-state index contributed by atoms with van der Waals surface area (Å²) in [5.74, 6) is 0.0920. The summed E-state index contributed by atoms with van der Waals surface area (Å²) in [6, 6.07) is 4.26. The Labute approximate surface area is 109 Å². The molecule has 1 unspecified atom stereocenters. The van der Waals surface area contributed by atoms with Gasteiger partial charge in [0.2, 0.25) is 5.91 Å². The number of carbonyl (C=O) groups excluding carboxylic acids is 1. The van der Waals surface area contributed by atoms with E-state index >= 15 is 0 Å². The molecule has 1 aliphatic carbocycles. The molecule has 0 spiro atoms. The molecule has 1 amide bonds. The minimum atomic E-state index is -0.213. The fourth-order valence-corrected chi connectivity index (χ4v) is 2.52. The number of aryl methyl sites for hydroxylation is 2. The van der Waals surface area contributed by atoms with E-state index in [1.807, 2.05) is 37.6 Å². The van der Waals surface area contributed by atoms with Crippen LogP contribution < -0.4 is 10.7 Å². The highest BCUT2D eigenvalue weighted by atomic mass is 16.2. The zero-order valence-electron chi connectivity index (χ0n) is 11.5. The molecule has 1 aromatic rings. The number of amides is 1. The lowest BCUT2D eigenvalue weighted by Crippen LogP contribution is -2.44. The highest BCUT2D eigenvalue weighted by molar-refractivity contribution is 5.82. The molecule has 1 aromatic heterocycles.